The van der Waals surface area contributed by atoms with Gasteiger partial charge in [0.25, 0.3) is 0 Å². The fourth-order valence-electron chi connectivity index (χ4n) is 3.83. The minimum Gasteiger partial charge on any atom is -0.460 e. The molecule has 35 heavy (non-hydrogen) atoms. The summed E-state index contributed by atoms with van der Waals surface area (Å²) in [6.07, 6.45) is -0.448. The fourth-order valence-corrected chi connectivity index (χ4v) is 3.83. The maximum atomic E-state index is 12.9. The summed E-state index contributed by atoms with van der Waals surface area (Å²) >= 11 is 0. The topological polar surface area (TPSA) is 111 Å². The molecule has 1 atom stereocenters. The van der Waals surface area contributed by atoms with E-state index in [0.29, 0.717) is 12.2 Å². The van der Waals surface area contributed by atoms with Crippen molar-refractivity contribution in [2.45, 2.75) is 111 Å². The van der Waals surface area contributed by atoms with Gasteiger partial charge in [0.1, 0.15) is 23.0 Å². The molecule has 1 aromatic carbocycles. The van der Waals surface area contributed by atoms with Gasteiger partial charge in [-0.25, -0.2) is 9.59 Å². The molecule has 1 rings (SSSR count). The second-order valence-corrected chi connectivity index (χ2v) is 11.6. The average Bonchev–Trinajstić information content (AvgIpc) is 2.61. The second kappa shape index (κ2) is 11.9. The van der Waals surface area contributed by atoms with E-state index in [-0.39, 0.29) is 19.4 Å². The number of nitrogens with one attached hydrogen (secondary N) is 1. The van der Waals surface area contributed by atoms with Crippen LogP contribution in [0.2, 0.25) is 0 Å². The van der Waals surface area contributed by atoms with Gasteiger partial charge >= 0.3 is 18.0 Å². The summed E-state index contributed by atoms with van der Waals surface area (Å²) in [6.45, 7) is 18.2. The summed E-state index contributed by atoms with van der Waals surface area (Å²) in [5.41, 5.74) is 0.745. The summed E-state index contributed by atoms with van der Waals surface area (Å²) < 4.78 is 16.4. The summed E-state index contributed by atoms with van der Waals surface area (Å²) in [5.74, 6) is -0.795. The fraction of sp³-hybridized carbons (Fsp3) is 0.667. The van der Waals surface area contributed by atoms with E-state index in [4.69, 9.17) is 14.2 Å². The molecule has 198 valence electrons. The Morgan fingerprint density at radius 1 is 0.943 bits per heavy atom. The number of aryl methyl sites for hydroxylation is 2. The van der Waals surface area contributed by atoms with Gasteiger partial charge in [0.2, 0.25) is 0 Å². The monoisotopic (exact) mass is 493 g/mol. The zero-order valence-electron chi connectivity index (χ0n) is 23.0. The Morgan fingerprint density at radius 3 is 2.03 bits per heavy atom. The zero-order chi connectivity index (χ0) is 27.2. The number of amides is 1. The van der Waals surface area contributed by atoms with Crippen LogP contribution in [0.3, 0.4) is 0 Å². The third-order valence-electron chi connectivity index (χ3n) is 5.10. The molecule has 8 nitrogen and oxygen atoms in total. The first kappa shape index (κ1) is 30.4. The third kappa shape index (κ3) is 10.7. The Labute approximate surface area is 209 Å². The highest BCUT2D eigenvalue weighted by Crippen LogP contribution is 2.37. The summed E-state index contributed by atoms with van der Waals surface area (Å²) in [4.78, 5) is 37.9. The molecule has 0 aliphatic carbocycles. The number of hydrogen-bond acceptors (Lipinski definition) is 7. The van der Waals surface area contributed by atoms with Gasteiger partial charge in [-0.15, -0.1) is 0 Å². The molecule has 0 heterocycles. The van der Waals surface area contributed by atoms with E-state index in [1.807, 2.05) is 33.8 Å². The van der Waals surface area contributed by atoms with Crippen molar-refractivity contribution in [2.75, 3.05) is 6.61 Å². The second-order valence-electron chi connectivity index (χ2n) is 11.6. The molecule has 0 saturated carbocycles. The standard InChI is InChI=1S/C27H43NO7/c1-17-15-18(2)22(27(9,10)13-14-29)20(16-17)33-24(32)28-19(23(31)35-26(6,7)8)11-12-21(30)34-25(3,4)5/h15-16,19,29H,11-14H2,1-10H3,(H,28,32). The number of aliphatic hydroxyl groups is 1. The number of carbonyl (C=O) groups excluding carboxylic acids is 3. The van der Waals surface area contributed by atoms with Crippen LogP contribution in [-0.4, -0.2) is 47.0 Å². The lowest BCUT2D eigenvalue weighted by atomic mass is 9.78. The largest absolute Gasteiger partial charge is 0.460 e. The number of hydrogen-bond donors (Lipinski definition) is 2. The molecule has 2 N–H and O–H groups in total. The maximum Gasteiger partial charge on any atom is 0.413 e. The minimum atomic E-state index is -1.10. The lowest BCUT2D eigenvalue weighted by molar-refractivity contribution is -0.158. The van der Waals surface area contributed by atoms with Gasteiger partial charge in [-0.2, -0.15) is 0 Å². The van der Waals surface area contributed by atoms with Gasteiger partial charge < -0.3 is 24.6 Å². The number of ether oxygens (including phenoxy) is 3. The van der Waals surface area contributed by atoms with E-state index in [1.54, 1.807) is 47.6 Å². The van der Waals surface area contributed by atoms with Crippen LogP contribution >= 0.6 is 0 Å². The van der Waals surface area contributed by atoms with Crippen molar-refractivity contribution >= 4 is 18.0 Å². The molecule has 0 radical (unpaired) electrons. The molecular formula is C27H43NO7. The predicted molar refractivity (Wildman–Crippen MR) is 135 cm³/mol. The van der Waals surface area contributed by atoms with Crippen molar-refractivity contribution in [1.82, 2.24) is 5.32 Å². The molecule has 0 aliphatic heterocycles. The van der Waals surface area contributed by atoms with Gasteiger partial charge in [-0.3, -0.25) is 4.79 Å². The highest BCUT2D eigenvalue weighted by Gasteiger charge is 2.31. The molecule has 0 aliphatic rings. The maximum absolute atomic E-state index is 12.9. The van der Waals surface area contributed by atoms with Gasteiger partial charge in [-0.1, -0.05) is 19.9 Å². The van der Waals surface area contributed by atoms with Gasteiger partial charge in [-0.05, 0) is 90.8 Å². The van der Waals surface area contributed by atoms with Crippen LogP contribution in [0.15, 0.2) is 12.1 Å². The molecule has 8 heteroatoms. The molecule has 1 aromatic rings. The van der Waals surface area contributed by atoms with Crippen molar-refractivity contribution in [3.63, 3.8) is 0 Å². The van der Waals surface area contributed by atoms with Crippen molar-refractivity contribution in [3.8, 4) is 5.75 Å². The number of carbonyl (C=O) groups is 3. The van der Waals surface area contributed by atoms with Crippen LogP contribution in [0.4, 0.5) is 4.79 Å². The average molecular weight is 494 g/mol. The lowest BCUT2D eigenvalue weighted by Crippen LogP contribution is -2.45. The van der Waals surface area contributed by atoms with Gasteiger partial charge in [0, 0.05) is 18.6 Å². The normalized spacial score (nSPS) is 13.1. The number of rotatable bonds is 9. The van der Waals surface area contributed by atoms with E-state index in [0.717, 1.165) is 16.7 Å². The zero-order valence-corrected chi connectivity index (χ0v) is 23.0. The molecular weight excluding hydrogens is 450 g/mol. The first-order chi connectivity index (χ1) is 15.8. The Hall–Kier alpha value is -2.61. The Kier molecular flexibility index (Phi) is 10.3. The number of benzene rings is 1. The lowest BCUT2D eigenvalue weighted by Gasteiger charge is -2.29. The molecule has 1 amide bonds. The van der Waals surface area contributed by atoms with Crippen molar-refractivity contribution < 1.29 is 33.7 Å². The van der Waals surface area contributed by atoms with Crippen molar-refractivity contribution in [1.29, 1.82) is 0 Å². The third-order valence-corrected chi connectivity index (χ3v) is 5.10. The molecule has 0 fully saturated rings. The molecule has 0 bridgehead atoms. The van der Waals surface area contributed by atoms with Crippen molar-refractivity contribution in [3.05, 3.63) is 28.8 Å². The van der Waals surface area contributed by atoms with E-state index < -0.39 is 40.7 Å². The van der Waals surface area contributed by atoms with Crippen LogP contribution in [0.1, 0.15) is 91.3 Å². The quantitative estimate of drug-likeness (QED) is 0.471. The van der Waals surface area contributed by atoms with Gasteiger partial charge in [0.05, 0.1) is 0 Å². The highest BCUT2D eigenvalue weighted by molar-refractivity contribution is 5.83. The Balaban J connectivity index is 3.14. The van der Waals surface area contributed by atoms with Gasteiger partial charge in [0.15, 0.2) is 0 Å². The van der Waals surface area contributed by atoms with E-state index in [1.165, 1.54) is 0 Å². The first-order valence-corrected chi connectivity index (χ1v) is 12.0. The van der Waals surface area contributed by atoms with Crippen molar-refractivity contribution in [2.24, 2.45) is 0 Å². The smallest absolute Gasteiger partial charge is 0.413 e. The summed E-state index contributed by atoms with van der Waals surface area (Å²) in [7, 11) is 0. The van der Waals surface area contributed by atoms with Crippen LogP contribution in [0.5, 0.6) is 5.75 Å². The summed E-state index contributed by atoms with van der Waals surface area (Å²) in [5, 5.41) is 12.1. The highest BCUT2D eigenvalue weighted by atomic mass is 16.6. The number of esters is 2. The van der Waals surface area contributed by atoms with E-state index in [9.17, 15) is 19.5 Å². The van der Waals surface area contributed by atoms with Crippen LogP contribution < -0.4 is 10.1 Å². The number of aliphatic hydroxyl groups excluding tert-OH is 1. The SMILES string of the molecule is Cc1cc(C)c(C(C)(C)CCO)c(OC(=O)NC(CCC(=O)OC(C)(C)C)C(=O)OC(C)(C)C)c1. The van der Waals surface area contributed by atoms with Crippen LogP contribution in [0.25, 0.3) is 0 Å². The molecule has 0 saturated heterocycles. The molecule has 0 aromatic heterocycles. The van der Waals surface area contributed by atoms with E-state index in [2.05, 4.69) is 5.32 Å². The Bertz CT molecular complexity index is 907. The summed E-state index contributed by atoms with van der Waals surface area (Å²) in [6, 6.07) is 2.64. The molecule has 0 spiro atoms. The molecule has 1 unspecified atom stereocenters. The minimum absolute atomic E-state index is 0.00532. The Morgan fingerprint density at radius 2 is 1.51 bits per heavy atom. The van der Waals surface area contributed by atoms with E-state index >= 15 is 0 Å². The predicted octanol–water partition coefficient (Wildman–Crippen LogP) is 4.88. The first-order valence-electron chi connectivity index (χ1n) is 12.0. The van der Waals surface area contributed by atoms with Crippen LogP contribution in [-0.2, 0) is 24.5 Å². The van der Waals surface area contributed by atoms with Crippen LogP contribution in [0, 0.1) is 13.8 Å².